The van der Waals surface area contributed by atoms with Gasteiger partial charge in [0.05, 0.1) is 11.9 Å². The Bertz CT molecular complexity index is 1610. The summed E-state index contributed by atoms with van der Waals surface area (Å²) in [5.41, 5.74) is 1.29. The second-order valence-corrected chi connectivity index (χ2v) is 11.0. The molecule has 0 spiro atoms. The van der Waals surface area contributed by atoms with Gasteiger partial charge in [-0.1, -0.05) is 36.4 Å². The lowest BCUT2D eigenvalue weighted by atomic mass is 10.1. The molecule has 12 heteroatoms. The van der Waals surface area contributed by atoms with Crippen LogP contribution in [0.3, 0.4) is 0 Å². The van der Waals surface area contributed by atoms with E-state index in [1.54, 1.807) is 54.6 Å². The molecule has 1 aromatic heterocycles. The van der Waals surface area contributed by atoms with Gasteiger partial charge in [0.2, 0.25) is 16.0 Å². The predicted octanol–water partition coefficient (Wildman–Crippen LogP) is 5.95. The Hall–Kier alpha value is -4.32. The Balaban J connectivity index is 1.45. The van der Waals surface area contributed by atoms with Crippen LogP contribution in [0.15, 0.2) is 79.0 Å². The number of para-hydroxylation sites is 1. The Morgan fingerprint density at radius 1 is 0.974 bits per heavy atom. The van der Waals surface area contributed by atoms with Crippen LogP contribution in [0.5, 0.6) is 11.5 Å². The number of rotatable bonds is 7. The van der Waals surface area contributed by atoms with Crippen LogP contribution in [0.2, 0.25) is 0 Å². The number of benzene rings is 3. The summed E-state index contributed by atoms with van der Waals surface area (Å²) in [6.45, 7) is 0.173. The minimum absolute atomic E-state index is 0.0284. The molecule has 8 nitrogen and oxygen atoms in total. The number of alkyl halides is 3. The highest BCUT2D eigenvalue weighted by atomic mass is 32.2. The number of hydrogen-bond donors (Lipinski definition) is 1. The van der Waals surface area contributed by atoms with E-state index in [4.69, 9.17) is 4.74 Å². The van der Waals surface area contributed by atoms with E-state index in [1.807, 2.05) is 18.2 Å². The molecule has 1 aliphatic rings. The SMILES string of the molecule is CN(c1cccc2c1CN(c1nc(Nc3cccc(Oc4ccccc4)c3)ncc1C(F)(F)F)C2)S(C)(=O)=O. The van der Waals surface area contributed by atoms with E-state index in [2.05, 4.69) is 15.3 Å². The third kappa shape index (κ3) is 5.75. The van der Waals surface area contributed by atoms with E-state index in [1.165, 1.54) is 11.9 Å². The third-order valence-corrected chi connectivity index (χ3v) is 7.43. The average molecular weight is 556 g/mol. The maximum atomic E-state index is 14.0. The zero-order valence-corrected chi connectivity index (χ0v) is 21.8. The Kier molecular flexibility index (Phi) is 6.81. The van der Waals surface area contributed by atoms with Crippen LogP contribution in [0.4, 0.5) is 36.3 Å². The van der Waals surface area contributed by atoms with Crippen LogP contribution in [0.1, 0.15) is 16.7 Å². The van der Waals surface area contributed by atoms with E-state index < -0.39 is 21.8 Å². The van der Waals surface area contributed by atoms with E-state index in [0.29, 0.717) is 28.4 Å². The number of fused-ring (bicyclic) bond motifs is 1. The number of anilines is 4. The van der Waals surface area contributed by atoms with Crippen molar-refractivity contribution in [1.29, 1.82) is 0 Å². The molecule has 39 heavy (non-hydrogen) atoms. The lowest BCUT2D eigenvalue weighted by Crippen LogP contribution is -2.26. The molecular weight excluding hydrogens is 531 g/mol. The van der Waals surface area contributed by atoms with Crippen molar-refractivity contribution in [2.45, 2.75) is 19.3 Å². The molecule has 0 bridgehead atoms. The molecule has 0 saturated heterocycles. The van der Waals surface area contributed by atoms with Gasteiger partial charge in [-0.25, -0.2) is 13.4 Å². The zero-order chi connectivity index (χ0) is 27.8. The molecule has 0 amide bonds. The topological polar surface area (TPSA) is 87.7 Å². The van der Waals surface area contributed by atoms with Crippen molar-refractivity contribution in [2.24, 2.45) is 0 Å². The summed E-state index contributed by atoms with van der Waals surface area (Å²) in [5.74, 6) is 0.827. The number of halogens is 3. The third-order valence-electron chi connectivity index (χ3n) is 6.24. The molecular formula is C27H24F3N5O3S. The molecule has 0 unspecified atom stereocenters. The first-order valence-corrected chi connectivity index (χ1v) is 13.7. The van der Waals surface area contributed by atoms with Gasteiger partial charge in [0, 0.05) is 43.7 Å². The van der Waals surface area contributed by atoms with Crippen LogP contribution in [-0.2, 0) is 29.3 Å². The summed E-state index contributed by atoms with van der Waals surface area (Å²) in [6, 6.07) is 21.1. The second kappa shape index (κ2) is 10.1. The molecule has 3 aromatic carbocycles. The maximum Gasteiger partial charge on any atom is 0.421 e. The van der Waals surface area contributed by atoms with Gasteiger partial charge in [-0.2, -0.15) is 18.2 Å². The molecule has 4 aromatic rings. The van der Waals surface area contributed by atoms with Gasteiger partial charge >= 0.3 is 6.18 Å². The molecule has 202 valence electrons. The van der Waals surface area contributed by atoms with Crippen LogP contribution >= 0.6 is 0 Å². The van der Waals surface area contributed by atoms with Gasteiger partial charge in [-0.05, 0) is 35.9 Å². The molecule has 1 N–H and O–H groups in total. The van der Waals surface area contributed by atoms with Crippen LogP contribution in [0, 0.1) is 0 Å². The Morgan fingerprint density at radius 2 is 1.69 bits per heavy atom. The molecule has 0 fully saturated rings. The Labute approximate surface area is 223 Å². The molecule has 0 saturated carbocycles. The average Bonchev–Trinajstić information content (AvgIpc) is 3.32. The summed E-state index contributed by atoms with van der Waals surface area (Å²) in [5, 5.41) is 2.96. The van der Waals surface area contributed by atoms with E-state index in [0.717, 1.165) is 22.3 Å². The molecule has 2 heterocycles. The predicted molar refractivity (Wildman–Crippen MR) is 143 cm³/mol. The van der Waals surface area contributed by atoms with Gasteiger partial charge in [-0.3, -0.25) is 4.31 Å². The minimum Gasteiger partial charge on any atom is -0.457 e. The fourth-order valence-corrected chi connectivity index (χ4v) is 4.82. The first kappa shape index (κ1) is 26.3. The van der Waals surface area contributed by atoms with Crippen molar-refractivity contribution in [2.75, 3.05) is 27.8 Å². The van der Waals surface area contributed by atoms with Crippen LogP contribution < -0.4 is 19.3 Å². The van der Waals surface area contributed by atoms with Gasteiger partial charge in [0.25, 0.3) is 0 Å². The zero-order valence-electron chi connectivity index (χ0n) is 21.0. The lowest BCUT2D eigenvalue weighted by Gasteiger charge is -2.23. The highest BCUT2D eigenvalue weighted by Gasteiger charge is 2.38. The normalized spacial score (nSPS) is 13.2. The maximum absolute atomic E-state index is 14.0. The fourth-order valence-electron chi connectivity index (χ4n) is 4.29. The number of nitrogens with zero attached hydrogens (tertiary/aromatic N) is 4. The highest BCUT2D eigenvalue weighted by molar-refractivity contribution is 7.92. The summed E-state index contributed by atoms with van der Waals surface area (Å²) >= 11 is 0. The van der Waals surface area contributed by atoms with Gasteiger partial charge in [0.15, 0.2) is 0 Å². The standard InChI is InChI=1S/C27H24F3N5O3S/c1-34(39(2,36)37)24-13-6-8-18-16-35(17-22(18)24)25-23(27(28,29)30)15-31-26(33-25)32-19-9-7-12-21(14-19)38-20-10-4-3-5-11-20/h3-15H,16-17H2,1-2H3,(H,31,32,33). The molecule has 1 aliphatic heterocycles. The molecule has 0 atom stereocenters. The molecule has 0 radical (unpaired) electrons. The quantitative estimate of drug-likeness (QED) is 0.302. The summed E-state index contributed by atoms with van der Waals surface area (Å²) < 4.78 is 73.2. The molecule has 5 rings (SSSR count). The second-order valence-electron chi connectivity index (χ2n) is 9.00. The number of sulfonamides is 1. The van der Waals surface area contributed by atoms with E-state index in [-0.39, 0.29) is 24.9 Å². The van der Waals surface area contributed by atoms with Crippen molar-refractivity contribution < 1.29 is 26.3 Å². The molecule has 0 aliphatic carbocycles. The van der Waals surface area contributed by atoms with E-state index >= 15 is 0 Å². The van der Waals surface area contributed by atoms with Crippen molar-refractivity contribution >= 4 is 33.2 Å². The van der Waals surface area contributed by atoms with E-state index in [9.17, 15) is 21.6 Å². The lowest BCUT2D eigenvalue weighted by molar-refractivity contribution is -0.137. The first-order chi connectivity index (χ1) is 18.5. The summed E-state index contributed by atoms with van der Waals surface area (Å²) in [7, 11) is -2.15. The summed E-state index contributed by atoms with van der Waals surface area (Å²) in [6.07, 6.45) is -2.87. The van der Waals surface area contributed by atoms with Crippen molar-refractivity contribution in [3.63, 3.8) is 0 Å². The van der Waals surface area contributed by atoms with Crippen molar-refractivity contribution in [3.05, 3.63) is 95.7 Å². The van der Waals surface area contributed by atoms with Crippen LogP contribution in [-0.4, -0.2) is 31.7 Å². The largest absolute Gasteiger partial charge is 0.457 e. The summed E-state index contributed by atoms with van der Waals surface area (Å²) in [4.78, 5) is 9.63. The number of aromatic nitrogens is 2. The first-order valence-electron chi connectivity index (χ1n) is 11.8. The highest BCUT2D eigenvalue weighted by Crippen LogP contribution is 2.40. The van der Waals surface area contributed by atoms with Gasteiger partial charge < -0.3 is 15.0 Å². The van der Waals surface area contributed by atoms with Crippen molar-refractivity contribution in [1.82, 2.24) is 9.97 Å². The number of nitrogens with one attached hydrogen (secondary N) is 1. The van der Waals surface area contributed by atoms with Crippen LogP contribution in [0.25, 0.3) is 0 Å². The monoisotopic (exact) mass is 555 g/mol. The number of hydrogen-bond acceptors (Lipinski definition) is 7. The number of ether oxygens (including phenoxy) is 1. The fraction of sp³-hybridized carbons (Fsp3) is 0.185. The minimum atomic E-state index is -4.70. The van der Waals surface area contributed by atoms with Crippen molar-refractivity contribution in [3.8, 4) is 11.5 Å². The Morgan fingerprint density at radius 3 is 2.41 bits per heavy atom. The smallest absolute Gasteiger partial charge is 0.421 e. The van der Waals surface area contributed by atoms with Gasteiger partial charge in [0.1, 0.15) is 22.9 Å². The van der Waals surface area contributed by atoms with Gasteiger partial charge in [-0.15, -0.1) is 0 Å².